The van der Waals surface area contributed by atoms with Crippen LogP contribution in [0.4, 0.5) is 4.79 Å². The van der Waals surface area contributed by atoms with E-state index in [2.05, 4.69) is 5.32 Å². The van der Waals surface area contributed by atoms with Gasteiger partial charge in [-0.05, 0) is 38.5 Å². The monoisotopic (exact) mass is 270 g/mol. The van der Waals surface area contributed by atoms with Crippen molar-refractivity contribution in [2.75, 3.05) is 13.1 Å². The van der Waals surface area contributed by atoms with Crippen molar-refractivity contribution in [1.29, 1.82) is 0 Å². The van der Waals surface area contributed by atoms with Gasteiger partial charge in [0.1, 0.15) is 0 Å². The van der Waals surface area contributed by atoms with Crippen LogP contribution in [0.1, 0.15) is 40.5 Å². The maximum atomic E-state index is 12.1. The lowest BCUT2D eigenvalue weighted by molar-refractivity contribution is -0.142. The highest BCUT2D eigenvalue weighted by Crippen LogP contribution is 2.30. The molecule has 0 bridgehead atoms. The highest BCUT2D eigenvalue weighted by molar-refractivity contribution is 5.76. The summed E-state index contributed by atoms with van der Waals surface area (Å²) >= 11 is 0. The predicted octanol–water partition coefficient (Wildman–Crippen LogP) is 2.17. The molecular weight excluding hydrogens is 244 g/mol. The van der Waals surface area contributed by atoms with Crippen LogP contribution in [0, 0.1) is 17.8 Å². The fraction of sp³-hybridized carbons (Fsp3) is 0.857. The number of urea groups is 1. The van der Waals surface area contributed by atoms with Crippen molar-refractivity contribution in [2.45, 2.75) is 46.6 Å². The quantitative estimate of drug-likeness (QED) is 0.745. The van der Waals surface area contributed by atoms with Gasteiger partial charge in [0.2, 0.25) is 0 Å². The van der Waals surface area contributed by atoms with Gasteiger partial charge in [-0.15, -0.1) is 0 Å². The third-order valence-corrected chi connectivity index (χ3v) is 3.63. The topological polar surface area (TPSA) is 69.6 Å². The Kier molecular flexibility index (Phi) is 5.63. The summed E-state index contributed by atoms with van der Waals surface area (Å²) in [4.78, 5) is 25.0. The standard InChI is InChI=1S/C14H26N2O3/c1-9(2)12(13(17)18)7-15-14(19)16(10(3)4)8-11-5-6-11/h9-12H,5-8H2,1-4H3,(H,15,19)(H,17,18). The number of amides is 2. The number of carboxylic acids is 1. The first-order valence-corrected chi connectivity index (χ1v) is 7.10. The molecule has 1 aliphatic rings. The number of carboxylic acid groups (broad SMARTS) is 1. The summed E-state index contributed by atoms with van der Waals surface area (Å²) in [6.07, 6.45) is 2.39. The number of rotatable bonds is 7. The molecule has 0 saturated heterocycles. The van der Waals surface area contributed by atoms with Gasteiger partial charge in [0.05, 0.1) is 5.92 Å². The van der Waals surface area contributed by atoms with Crippen molar-refractivity contribution < 1.29 is 14.7 Å². The highest BCUT2D eigenvalue weighted by atomic mass is 16.4. The lowest BCUT2D eigenvalue weighted by Crippen LogP contribution is -2.47. The van der Waals surface area contributed by atoms with E-state index < -0.39 is 11.9 Å². The Hall–Kier alpha value is -1.26. The van der Waals surface area contributed by atoms with Gasteiger partial charge in [-0.1, -0.05) is 13.8 Å². The second-order valence-electron chi connectivity index (χ2n) is 6.06. The molecule has 1 rings (SSSR count). The molecule has 110 valence electrons. The largest absolute Gasteiger partial charge is 0.481 e. The highest BCUT2D eigenvalue weighted by Gasteiger charge is 2.29. The number of hydrogen-bond acceptors (Lipinski definition) is 2. The lowest BCUT2D eigenvalue weighted by atomic mass is 9.96. The van der Waals surface area contributed by atoms with Gasteiger partial charge >= 0.3 is 12.0 Å². The number of aliphatic carboxylic acids is 1. The van der Waals surface area contributed by atoms with Gasteiger partial charge in [0.25, 0.3) is 0 Å². The molecule has 1 atom stereocenters. The van der Waals surface area contributed by atoms with Crippen molar-refractivity contribution >= 4 is 12.0 Å². The van der Waals surface area contributed by atoms with Crippen molar-refractivity contribution in [3.05, 3.63) is 0 Å². The fourth-order valence-corrected chi connectivity index (χ4v) is 2.01. The summed E-state index contributed by atoms with van der Waals surface area (Å²) in [5.41, 5.74) is 0. The van der Waals surface area contributed by atoms with Crippen LogP contribution < -0.4 is 5.32 Å². The zero-order valence-corrected chi connectivity index (χ0v) is 12.3. The number of nitrogens with one attached hydrogen (secondary N) is 1. The first-order valence-electron chi connectivity index (χ1n) is 7.10. The van der Waals surface area contributed by atoms with Crippen LogP contribution in [-0.4, -0.2) is 41.1 Å². The average Bonchev–Trinajstić information content (AvgIpc) is 3.07. The molecule has 1 fully saturated rings. The van der Waals surface area contributed by atoms with E-state index in [1.807, 2.05) is 27.7 Å². The molecule has 2 amide bonds. The molecule has 1 unspecified atom stereocenters. The molecule has 5 heteroatoms. The number of carbonyl (C=O) groups is 2. The van der Waals surface area contributed by atoms with Crippen molar-refractivity contribution in [2.24, 2.45) is 17.8 Å². The van der Waals surface area contributed by atoms with Gasteiger partial charge in [-0.3, -0.25) is 4.79 Å². The van der Waals surface area contributed by atoms with Crippen LogP contribution in [0.25, 0.3) is 0 Å². The van der Waals surface area contributed by atoms with E-state index in [1.54, 1.807) is 4.90 Å². The first-order chi connectivity index (χ1) is 8.82. The smallest absolute Gasteiger partial charge is 0.317 e. The Bertz CT molecular complexity index is 325. The maximum absolute atomic E-state index is 12.1. The number of nitrogens with zero attached hydrogens (tertiary/aromatic N) is 1. The molecule has 0 aliphatic heterocycles. The van der Waals surface area contributed by atoms with Gasteiger partial charge in [-0.2, -0.15) is 0 Å². The Balaban J connectivity index is 2.48. The second kappa shape index (κ2) is 6.78. The molecular formula is C14H26N2O3. The molecule has 5 nitrogen and oxygen atoms in total. The minimum absolute atomic E-state index is 0.00809. The van der Waals surface area contributed by atoms with Gasteiger partial charge in [-0.25, -0.2) is 4.79 Å². The first kappa shape index (κ1) is 15.8. The molecule has 2 N–H and O–H groups in total. The van der Waals surface area contributed by atoms with E-state index in [1.165, 1.54) is 12.8 Å². The van der Waals surface area contributed by atoms with E-state index in [0.29, 0.717) is 5.92 Å². The lowest BCUT2D eigenvalue weighted by Gasteiger charge is -2.28. The van der Waals surface area contributed by atoms with E-state index in [0.717, 1.165) is 6.54 Å². The van der Waals surface area contributed by atoms with Gasteiger partial charge in [0, 0.05) is 19.1 Å². The third kappa shape index (κ3) is 5.09. The summed E-state index contributed by atoms with van der Waals surface area (Å²) in [5.74, 6) is -0.741. The molecule has 0 aromatic heterocycles. The molecule has 0 heterocycles. The van der Waals surface area contributed by atoms with Crippen molar-refractivity contribution in [3.63, 3.8) is 0 Å². The van der Waals surface area contributed by atoms with Gasteiger partial charge in [0.15, 0.2) is 0 Å². The second-order valence-corrected chi connectivity index (χ2v) is 6.06. The average molecular weight is 270 g/mol. The molecule has 0 spiro atoms. The molecule has 0 aromatic rings. The summed E-state index contributed by atoms with van der Waals surface area (Å²) in [6.45, 7) is 8.66. The zero-order valence-electron chi connectivity index (χ0n) is 12.3. The predicted molar refractivity (Wildman–Crippen MR) is 73.9 cm³/mol. The van der Waals surface area contributed by atoms with Crippen molar-refractivity contribution in [3.8, 4) is 0 Å². The van der Waals surface area contributed by atoms with E-state index in [-0.39, 0.29) is 24.5 Å². The summed E-state index contributed by atoms with van der Waals surface area (Å²) in [7, 11) is 0. The normalized spacial score (nSPS) is 16.5. The Morgan fingerprint density at radius 2 is 1.84 bits per heavy atom. The van der Waals surface area contributed by atoms with Crippen LogP contribution in [0.15, 0.2) is 0 Å². The van der Waals surface area contributed by atoms with Crippen LogP contribution in [-0.2, 0) is 4.79 Å². The molecule has 1 saturated carbocycles. The maximum Gasteiger partial charge on any atom is 0.317 e. The number of hydrogen-bond donors (Lipinski definition) is 2. The van der Waals surface area contributed by atoms with Gasteiger partial charge < -0.3 is 15.3 Å². The van der Waals surface area contributed by atoms with Crippen LogP contribution in [0.3, 0.4) is 0 Å². The minimum atomic E-state index is -0.853. The SMILES string of the molecule is CC(C)C(CNC(=O)N(CC1CC1)C(C)C)C(=O)O. The zero-order chi connectivity index (χ0) is 14.6. The Labute approximate surface area is 115 Å². The van der Waals surface area contributed by atoms with Crippen LogP contribution >= 0.6 is 0 Å². The summed E-state index contributed by atoms with van der Waals surface area (Å²) in [5, 5.41) is 11.9. The molecule has 0 aromatic carbocycles. The minimum Gasteiger partial charge on any atom is -0.481 e. The molecule has 19 heavy (non-hydrogen) atoms. The van der Waals surface area contributed by atoms with E-state index in [4.69, 9.17) is 5.11 Å². The Morgan fingerprint density at radius 3 is 2.21 bits per heavy atom. The summed E-state index contributed by atoms with van der Waals surface area (Å²) < 4.78 is 0. The number of carbonyl (C=O) groups excluding carboxylic acids is 1. The fourth-order valence-electron chi connectivity index (χ4n) is 2.01. The molecule has 1 aliphatic carbocycles. The van der Waals surface area contributed by atoms with E-state index in [9.17, 15) is 9.59 Å². The summed E-state index contributed by atoms with van der Waals surface area (Å²) in [6, 6.07) is -0.00303. The van der Waals surface area contributed by atoms with E-state index >= 15 is 0 Å². The third-order valence-electron chi connectivity index (χ3n) is 3.63. The van der Waals surface area contributed by atoms with Crippen LogP contribution in [0.2, 0.25) is 0 Å². The van der Waals surface area contributed by atoms with Crippen molar-refractivity contribution in [1.82, 2.24) is 10.2 Å². The van der Waals surface area contributed by atoms with Crippen LogP contribution in [0.5, 0.6) is 0 Å². The Morgan fingerprint density at radius 1 is 1.26 bits per heavy atom. The molecule has 0 radical (unpaired) electrons.